The van der Waals surface area contributed by atoms with E-state index in [1.165, 1.54) is 41.8 Å². The molecule has 26 heavy (non-hydrogen) atoms. The molecule has 2 heterocycles. The average molecular weight is 348 g/mol. The fourth-order valence-electron chi connectivity index (χ4n) is 5.48. The van der Waals surface area contributed by atoms with E-state index in [1.807, 2.05) is 0 Å². The zero-order valence-corrected chi connectivity index (χ0v) is 15.6. The Kier molecular flexibility index (Phi) is 4.22. The molecule has 0 radical (unpaired) electrons. The highest BCUT2D eigenvalue weighted by Gasteiger charge is 2.39. The molecule has 0 spiro atoms. The fourth-order valence-corrected chi connectivity index (χ4v) is 5.48. The van der Waals surface area contributed by atoms with Crippen LogP contribution in [-0.2, 0) is 4.74 Å². The molecule has 3 heteroatoms. The summed E-state index contributed by atoms with van der Waals surface area (Å²) in [6.45, 7) is 3.99. The number of para-hydroxylation sites is 2. The van der Waals surface area contributed by atoms with Gasteiger partial charge in [0, 0.05) is 37.6 Å². The Labute approximate surface area is 156 Å². The number of hydrogen-bond acceptors (Lipinski definition) is 3. The molecule has 5 rings (SSSR count). The Balaban J connectivity index is 1.56. The van der Waals surface area contributed by atoms with Crippen molar-refractivity contribution in [2.45, 2.75) is 37.1 Å². The molecule has 3 aliphatic rings. The smallest absolute Gasteiger partial charge is 0.0594 e. The van der Waals surface area contributed by atoms with Gasteiger partial charge in [0.1, 0.15) is 0 Å². The number of benzene rings is 2. The van der Waals surface area contributed by atoms with E-state index >= 15 is 0 Å². The van der Waals surface area contributed by atoms with E-state index in [2.05, 4.69) is 65.4 Å². The lowest BCUT2D eigenvalue weighted by atomic mass is 9.70. The van der Waals surface area contributed by atoms with Crippen LogP contribution < -0.4 is 4.90 Å². The first-order valence-corrected chi connectivity index (χ1v) is 10.1. The third kappa shape index (κ3) is 2.65. The fraction of sp³-hybridized carbons (Fsp3) is 0.478. The predicted octanol–water partition coefficient (Wildman–Crippen LogP) is 4.52. The Morgan fingerprint density at radius 2 is 1.42 bits per heavy atom. The zero-order valence-electron chi connectivity index (χ0n) is 15.6. The van der Waals surface area contributed by atoms with Gasteiger partial charge in [0.15, 0.2) is 0 Å². The van der Waals surface area contributed by atoms with E-state index in [1.54, 1.807) is 0 Å². The monoisotopic (exact) mass is 348 g/mol. The van der Waals surface area contributed by atoms with Crippen molar-refractivity contribution in [3.8, 4) is 0 Å². The van der Waals surface area contributed by atoms with Gasteiger partial charge in [-0.05, 0) is 54.4 Å². The molecule has 0 aromatic heterocycles. The molecule has 2 aromatic carbocycles. The summed E-state index contributed by atoms with van der Waals surface area (Å²) in [5.41, 5.74) is 5.85. The minimum absolute atomic E-state index is 0.610. The van der Waals surface area contributed by atoms with Crippen molar-refractivity contribution in [1.29, 1.82) is 0 Å². The molecule has 2 aliphatic heterocycles. The van der Waals surface area contributed by atoms with Gasteiger partial charge in [-0.2, -0.15) is 0 Å². The van der Waals surface area contributed by atoms with E-state index in [0.717, 1.165) is 26.3 Å². The van der Waals surface area contributed by atoms with Gasteiger partial charge in [-0.1, -0.05) is 36.4 Å². The van der Waals surface area contributed by atoms with Crippen LogP contribution in [0.4, 0.5) is 11.4 Å². The number of hydrogen-bond donors (Lipinski definition) is 0. The van der Waals surface area contributed by atoms with Crippen molar-refractivity contribution < 1.29 is 4.74 Å². The van der Waals surface area contributed by atoms with Crippen LogP contribution in [0.1, 0.15) is 42.2 Å². The van der Waals surface area contributed by atoms with Crippen LogP contribution in [0.5, 0.6) is 0 Å². The Morgan fingerprint density at radius 1 is 0.808 bits per heavy atom. The minimum Gasteiger partial charge on any atom is -0.379 e. The molecule has 0 N–H and O–H groups in total. The molecule has 2 aromatic rings. The number of nitrogens with zero attached hydrogens (tertiary/aromatic N) is 2. The summed E-state index contributed by atoms with van der Waals surface area (Å²) in [5, 5.41) is 0. The van der Waals surface area contributed by atoms with Crippen LogP contribution >= 0.6 is 0 Å². The summed E-state index contributed by atoms with van der Waals surface area (Å²) in [6, 6.07) is 18.8. The summed E-state index contributed by atoms with van der Waals surface area (Å²) in [4.78, 5) is 5.09. The summed E-state index contributed by atoms with van der Waals surface area (Å²) in [7, 11) is 2.23. The number of rotatable bonds is 1. The van der Waals surface area contributed by atoms with Crippen molar-refractivity contribution in [3.05, 3.63) is 59.7 Å². The van der Waals surface area contributed by atoms with Crippen molar-refractivity contribution in [2.75, 3.05) is 38.3 Å². The first-order valence-electron chi connectivity index (χ1n) is 10.1. The Bertz CT molecular complexity index is 783. The maximum Gasteiger partial charge on any atom is 0.0594 e. The third-order valence-electron chi connectivity index (χ3n) is 6.78. The van der Waals surface area contributed by atoms with Crippen LogP contribution in [-0.4, -0.2) is 44.3 Å². The van der Waals surface area contributed by atoms with Crippen molar-refractivity contribution >= 4 is 11.4 Å². The van der Waals surface area contributed by atoms with Gasteiger partial charge >= 0.3 is 0 Å². The SMILES string of the molecule is CN1c2ccccc2C2CCC(N3CCOCC3)CC2c2ccccc21. The molecular formula is C23H28N2O. The average Bonchev–Trinajstić information content (AvgIpc) is 2.83. The van der Waals surface area contributed by atoms with Gasteiger partial charge in [0.05, 0.1) is 13.2 Å². The molecule has 1 saturated carbocycles. The normalized spacial score (nSPS) is 28.7. The van der Waals surface area contributed by atoms with Crippen LogP contribution in [0.25, 0.3) is 0 Å². The number of anilines is 2. The van der Waals surface area contributed by atoms with E-state index < -0.39 is 0 Å². The third-order valence-corrected chi connectivity index (χ3v) is 6.78. The first kappa shape index (κ1) is 16.3. The van der Waals surface area contributed by atoms with Gasteiger partial charge in [-0.25, -0.2) is 0 Å². The number of morpholine rings is 1. The Hall–Kier alpha value is -1.84. The largest absolute Gasteiger partial charge is 0.379 e. The van der Waals surface area contributed by atoms with Crippen molar-refractivity contribution in [1.82, 2.24) is 4.90 Å². The van der Waals surface area contributed by atoms with Crippen LogP contribution in [0.15, 0.2) is 48.5 Å². The van der Waals surface area contributed by atoms with Crippen molar-refractivity contribution in [3.63, 3.8) is 0 Å². The van der Waals surface area contributed by atoms with Crippen LogP contribution in [0.2, 0.25) is 0 Å². The highest BCUT2D eigenvalue weighted by molar-refractivity contribution is 5.72. The lowest BCUT2D eigenvalue weighted by Gasteiger charge is -2.42. The zero-order chi connectivity index (χ0) is 17.5. The number of ether oxygens (including phenoxy) is 1. The predicted molar refractivity (Wildman–Crippen MR) is 106 cm³/mol. The molecule has 136 valence electrons. The summed E-state index contributed by atoms with van der Waals surface area (Å²) in [5.74, 6) is 1.24. The van der Waals surface area contributed by atoms with E-state index in [-0.39, 0.29) is 0 Å². The minimum atomic E-state index is 0.610. The summed E-state index contributed by atoms with van der Waals surface area (Å²) in [6.07, 6.45) is 3.86. The van der Waals surface area contributed by atoms with E-state index in [4.69, 9.17) is 4.74 Å². The molecule has 3 atom stereocenters. The second kappa shape index (κ2) is 6.71. The molecule has 2 fully saturated rings. The molecule has 0 bridgehead atoms. The van der Waals surface area contributed by atoms with Gasteiger partial charge in [-0.3, -0.25) is 4.90 Å². The van der Waals surface area contributed by atoms with E-state index in [0.29, 0.717) is 17.9 Å². The molecule has 1 aliphatic carbocycles. The highest BCUT2D eigenvalue weighted by atomic mass is 16.5. The summed E-state index contributed by atoms with van der Waals surface area (Å²) < 4.78 is 5.59. The van der Waals surface area contributed by atoms with Crippen molar-refractivity contribution in [2.24, 2.45) is 0 Å². The van der Waals surface area contributed by atoms with Crippen LogP contribution in [0.3, 0.4) is 0 Å². The lowest BCUT2D eigenvalue weighted by molar-refractivity contribution is 0.00502. The topological polar surface area (TPSA) is 15.7 Å². The first-order chi connectivity index (χ1) is 12.8. The van der Waals surface area contributed by atoms with Crippen LogP contribution in [0, 0.1) is 0 Å². The van der Waals surface area contributed by atoms with Gasteiger partial charge < -0.3 is 9.64 Å². The molecular weight excluding hydrogens is 320 g/mol. The second-order valence-electron chi connectivity index (χ2n) is 8.00. The quantitative estimate of drug-likeness (QED) is 0.753. The summed E-state index contributed by atoms with van der Waals surface area (Å²) >= 11 is 0. The lowest BCUT2D eigenvalue weighted by Crippen LogP contribution is -2.46. The van der Waals surface area contributed by atoms with Gasteiger partial charge in [0.25, 0.3) is 0 Å². The maximum absolute atomic E-state index is 5.59. The molecule has 3 unspecified atom stereocenters. The highest BCUT2D eigenvalue weighted by Crippen LogP contribution is 2.53. The van der Waals surface area contributed by atoms with Gasteiger partial charge in [-0.15, -0.1) is 0 Å². The molecule has 1 saturated heterocycles. The van der Waals surface area contributed by atoms with E-state index in [9.17, 15) is 0 Å². The maximum atomic E-state index is 5.59. The van der Waals surface area contributed by atoms with Gasteiger partial charge in [0.2, 0.25) is 0 Å². The molecule has 3 nitrogen and oxygen atoms in total. The molecule has 0 amide bonds. The Morgan fingerprint density at radius 3 is 2.12 bits per heavy atom. The standard InChI is InChI=1S/C23H28N2O/c1-24-22-8-4-2-6-19(22)18-11-10-17(25-12-14-26-15-13-25)16-21(18)20-7-3-5-9-23(20)24/h2-9,17-18,21H,10-16H2,1H3. The second-order valence-corrected chi connectivity index (χ2v) is 8.00. The number of fused-ring (bicyclic) bond motifs is 5.